The normalized spacial score (nSPS) is 25.5. The summed E-state index contributed by atoms with van der Waals surface area (Å²) >= 11 is 6.71. The molecule has 33 heavy (non-hydrogen) atoms. The second-order valence-electron chi connectivity index (χ2n) is 8.98. The topological polar surface area (TPSA) is 94.5 Å². The largest absolute Gasteiger partial charge is 0.378 e. The van der Waals surface area contributed by atoms with Crippen molar-refractivity contribution in [1.29, 1.82) is 5.41 Å². The first-order valence-corrected chi connectivity index (χ1v) is 11.6. The molecular weight excluding hydrogens is 440 g/mol. The number of anilines is 1. The lowest BCUT2D eigenvalue weighted by Gasteiger charge is -2.45. The van der Waals surface area contributed by atoms with Gasteiger partial charge in [-0.3, -0.25) is 19.9 Å². The summed E-state index contributed by atoms with van der Waals surface area (Å²) < 4.78 is 5.60. The van der Waals surface area contributed by atoms with Crippen molar-refractivity contribution >= 4 is 35.1 Å². The smallest absolute Gasteiger partial charge is 0.232 e. The number of hydrogen-bond donors (Lipinski definition) is 3. The van der Waals surface area contributed by atoms with Crippen LogP contribution in [-0.2, 0) is 26.3 Å². The highest BCUT2D eigenvalue weighted by Crippen LogP contribution is 2.38. The minimum atomic E-state index is -0.862. The zero-order valence-electron chi connectivity index (χ0n) is 18.9. The molecule has 4 rings (SSSR count). The molecule has 0 unspecified atom stereocenters. The van der Waals surface area contributed by atoms with E-state index in [0.717, 1.165) is 5.56 Å². The Labute approximate surface area is 199 Å². The summed E-state index contributed by atoms with van der Waals surface area (Å²) in [5.74, 6) is -0.219. The minimum absolute atomic E-state index is 0.0510. The Kier molecular flexibility index (Phi) is 6.72. The number of nitrogens with one attached hydrogen (secondary N) is 3. The summed E-state index contributed by atoms with van der Waals surface area (Å²) in [6.45, 7) is 4.43. The summed E-state index contributed by atoms with van der Waals surface area (Å²) in [5, 5.41) is 15.0. The molecule has 0 radical (unpaired) electrons. The van der Waals surface area contributed by atoms with Crippen LogP contribution in [-0.4, -0.2) is 41.4 Å². The highest BCUT2D eigenvalue weighted by atomic mass is 35.5. The van der Waals surface area contributed by atoms with Crippen molar-refractivity contribution in [2.75, 3.05) is 11.9 Å². The van der Waals surface area contributed by atoms with Crippen molar-refractivity contribution in [3.05, 3.63) is 64.7 Å². The van der Waals surface area contributed by atoms with Crippen molar-refractivity contribution < 1.29 is 14.3 Å². The van der Waals surface area contributed by atoms with Gasteiger partial charge in [-0.15, -0.1) is 0 Å². The van der Waals surface area contributed by atoms with E-state index in [1.54, 1.807) is 17.0 Å². The number of carbonyl (C=O) groups is 2. The first-order chi connectivity index (χ1) is 15.8. The highest BCUT2D eigenvalue weighted by molar-refractivity contribution is 6.34. The van der Waals surface area contributed by atoms with Gasteiger partial charge in [-0.1, -0.05) is 54.1 Å². The van der Waals surface area contributed by atoms with E-state index in [-0.39, 0.29) is 42.8 Å². The summed E-state index contributed by atoms with van der Waals surface area (Å²) in [7, 11) is 0. The molecule has 3 atom stereocenters. The molecule has 2 aliphatic heterocycles. The van der Waals surface area contributed by atoms with Crippen LogP contribution in [0.25, 0.3) is 0 Å². The van der Waals surface area contributed by atoms with E-state index in [9.17, 15) is 9.59 Å². The van der Waals surface area contributed by atoms with E-state index in [2.05, 4.69) is 10.6 Å². The molecule has 2 amide bonds. The molecule has 2 heterocycles. The fraction of sp³-hybridized carbons (Fsp3) is 0.400. The van der Waals surface area contributed by atoms with E-state index in [0.29, 0.717) is 35.7 Å². The van der Waals surface area contributed by atoms with Crippen molar-refractivity contribution in [2.45, 2.75) is 57.2 Å². The molecule has 3 N–H and O–H groups in total. The number of benzene rings is 2. The maximum Gasteiger partial charge on any atom is 0.232 e. The van der Waals surface area contributed by atoms with Gasteiger partial charge < -0.3 is 15.4 Å². The van der Waals surface area contributed by atoms with Gasteiger partial charge in [-0.05, 0) is 43.9 Å². The molecule has 8 heteroatoms. The SMILES string of the molecule is C[C@@H]1C[C@H](N2C(=N)N[C@](C)(c3cccc(NC(=O)Cc4ccccc4)c3Cl)CC2=O)CCO1. The molecule has 7 nitrogen and oxygen atoms in total. The predicted molar refractivity (Wildman–Crippen MR) is 128 cm³/mol. The first-order valence-electron chi connectivity index (χ1n) is 11.2. The van der Waals surface area contributed by atoms with Crippen LogP contribution >= 0.6 is 11.6 Å². The van der Waals surface area contributed by atoms with Crippen LogP contribution in [0.15, 0.2) is 48.5 Å². The van der Waals surface area contributed by atoms with E-state index in [1.807, 2.05) is 50.2 Å². The van der Waals surface area contributed by atoms with Crippen LogP contribution in [0, 0.1) is 5.41 Å². The molecule has 0 aromatic heterocycles. The van der Waals surface area contributed by atoms with E-state index < -0.39 is 5.54 Å². The van der Waals surface area contributed by atoms with Gasteiger partial charge in [-0.25, -0.2) is 0 Å². The summed E-state index contributed by atoms with van der Waals surface area (Å²) in [4.78, 5) is 27.3. The lowest BCUT2D eigenvalue weighted by molar-refractivity contribution is -0.134. The molecule has 174 valence electrons. The van der Waals surface area contributed by atoms with E-state index >= 15 is 0 Å². The zero-order chi connectivity index (χ0) is 23.6. The molecule has 2 aromatic carbocycles. The standard InChI is InChI=1S/C25H29ClN4O3/c1-16-13-18(11-12-33-16)30-22(32)15-25(2,29-24(30)27)19-9-6-10-20(23(19)26)28-21(31)14-17-7-4-3-5-8-17/h3-10,16,18H,11-15H2,1-2H3,(H2,27,29)(H,28,31)/t16-,18-,25+/m1/s1. The van der Waals surface area contributed by atoms with Crippen molar-refractivity contribution in [3.63, 3.8) is 0 Å². The summed E-state index contributed by atoms with van der Waals surface area (Å²) in [6.07, 6.45) is 1.86. The molecular formula is C25H29ClN4O3. The molecule has 0 spiro atoms. The molecule has 2 aliphatic rings. The average Bonchev–Trinajstić information content (AvgIpc) is 2.75. The Bertz CT molecular complexity index is 1040. The quantitative estimate of drug-likeness (QED) is 0.616. The Balaban J connectivity index is 1.51. The van der Waals surface area contributed by atoms with Gasteiger partial charge in [0.05, 0.1) is 35.2 Å². The third-order valence-corrected chi connectivity index (χ3v) is 6.71. The Morgan fingerprint density at radius 3 is 2.73 bits per heavy atom. The van der Waals surface area contributed by atoms with Crippen molar-refractivity contribution in [3.8, 4) is 0 Å². The van der Waals surface area contributed by atoms with Crippen molar-refractivity contribution in [1.82, 2.24) is 10.2 Å². The van der Waals surface area contributed by atoms with E-state index in [1.165, 1.54) is 0 Å². The van der Waals surface area contributed by atoms with Gasteiger partial charge in [-0.2, -0.15) is 0 Å². The van der Waals surface area contributed by atoms with Crippen LogP contribution in [0.3, 0.4) is 0 Å². The zero-order valence-corrected chi connectivity index (χ0v) is 19.6. The summed E-state index contributed by atoms with van der Waals surface area (Å²) in [5.41, 5.74) is 1.20. The van der Waals surface area contributed by atoms with Gasteiger partial charge in [0.15, 0.2) is 5.96 Å². The second-order valence-corrected chi connectivity index (χ2v) is 9.36. The van der Waals surface area contributed by atoms with Crippen molar-refractivity contribution in [2.24, 2.45) is 0 Å². The number of amides is 2. The number of ether oxygens (including phenoxy) is 1. The lowest BCUT2D eigenvalue weighted by atomic mass is 9.85. The second kappa shape index (κ2) is 9.53. The lowest BCUT2D eigenvalue weighted by Crippen LogP contribution is -2.63. The molecule has 2 aromatic rings. The molecule has 0 bridgehead atoms. The number of hydrogen-bond acceptors (Lipinski definition) is 4. The number of rotatable bonds is 5. The number of guanidine groups is 1. The number of nitrogens with zero attached hydrogens (tertiary/aromatic N) is 1. The molecule has 0 aliphatic carbocycles. The third kappa shape index (κ3) is 5.04. The predicted octanol–water partition coefficient (Wildman–Crippen LogP) is 4.06. The molecule has 0 saturated carbocycles. The Hall–Kier alpha value is -2.90. The van der Waals surface area contributed by atoms with Crippen LogP contribution in [0.2, 0.25) is 5.02 Å². The Morgan fingerprint density at radius 1 is 1.27 bits per heavy atom. The van der Waals surface area contributed by atoms with Crippen LogP contribution in [0.4, 0.5) is 5.69 Å². The van der Waals surface area contributed by atoms with Gasteiger partial charge in [0.25, 0.3) is 0 Å². The van der Waals surface area contributed by atoms with E-state index in [4.69, 9.17) is 21.7 Å². The number of carbonyl (C=O) groups excluding carboxylic acids is 2. The monoisotopic (exact) mass is 468 g/mol. The first kappa shape index (κ1) is 23.3. The third-order valence-electron chi connectivity index (χ3n) is 6.31. The number of halogens is 1. The fourth-order valence-electron chi connectivity index (χ4n) is 4.67. The maximum absolute atomic E-state index is 13.2. The minimum Gasteiger partial charge on any atom is -0.378 e. The van der Waals surface area contributed by atoms with Gasteiger partial charge >= 0.3 is 0 Å². The Morgan fingerprint density at radius 2 is 2.03 bits per heavy atom. The van der Waals surface area contributed by atoms with Crippen LogP contribution in [0.1, 0.15) is 44.2 Å². The fourth-order valence-corrected chi connectivity index (χ4v) is 5.05. The van der Waals surface area contributed by atoms with Gasteiger partial charge in [0, 0.05) is 12.6 Å². The molecule has 2 fully saturated rings. The van der Waals surface area contributed by atoms with Crippen LogP contribution < -0.4 is 10.6 Å². The molecule has 2 saturated heterocycles. The summed E-state index contributed by atoms with van der Waals surface area (Å²) in [6, 6.07) is 14.8. The van der Waals surface area contributed by atoms with Crippen LogP contribution in [0.5, 0.6) is 0 Å². The highest BCUT2D eigenvalue weighted by Gasteiger charge is 2.43. The van der Waals surface area contributed by atoms with Gasteiger partial charge in [0.1, 0.15) is 0 Å². The maximum atomic E-state index is 13.2. The van der Waals surface area contributed by atoms with Gasteiger partial charge in [0.2, 0.25) is 11.8 Å². The average molecular weight is 469 g/mol.